The molecule has 0 aliphatic rings. The van der Waals surface area contributed by atoms with E-state index in [2.05, 4.69) is 10.6 Å². The highest BCUT2D eigenvalue weighted by molar-refractivity contribution is 5.91. The van der Waals surface area contributed by atoms with Crippen LogP contribution in [0.5, 0.6) is 5.75 Å². The SMILES string of the molecule is Cc1ccc(OCCC(=O)NCCNC(=O)c2ccco2)c(C)c1. The molecule has 0 saturated heterocycles. The van der Waals surface area contributed by atoms with E-state index in [0.717, 1.165) is 11.3 Å². The van der Waals surface area contributed by atoms with Crippen molar-refractivity contribution in [1.82, 2.24) is 10.6 Å². The number of aryl methyl sites for hydroxylation is 2. The number of hydrogen-bond acceptors (Lipinski definition) is 4. The summed E-state index contributed by atoms with van der Waals surface area (Å²) >= 11 is 0. The van der Waals surface area contributed by atoms with E-state index < -0.39 is 0 Å². The largest absolute Gasteiger partial charge is 0.493 e. The lowest BCUT2D eigenvalue weighted by Gasteiger charge is -2.10. The van der Waals surface area contributed by atoms with Gasteiger partial charge in [0.05, 0.1) is 19.3 Å². The summed E-state index contributed by atoms with van der Waals surface area (Å²) in [6.45, 7) is 5.01. The van der Waals surface area contributed by atoms with E-state index in [4.69, 9.17) is 9.15 Å². The first-order valence-electron chi connectivity index (χ1n) is 7.84. The molecule has 0 aliphatic carbocycles. The van der Waals surface area contributed by atoms with Gasteiger partial charge in [0.25, 0.3) is 5.91 Å². The number of rotatable bonds is 8. The minimum Gasteiger partial charge on any atom is -0.493 e. The molecule has 0 atom stereocenters. The maximum absolute atomic E-state index is 11.7. The molecule has 6 nitrogen and oxygen atoms in total. The lowest BCUT2D eigenvalue weighted by molar-refractivity contribution is -0.121. The number of nitrogens with one attached hydrogen (secondary N) is 2. The van der Waals surface area contributed by atoms with Crippen molar-refractivity contribution in [2.24, 2.45) is 0 Å². The second-order valence-corrected chi connectivity index (χ2v) is 5.45. The molecule has 1 aromatic heterocycles. The average molecular weight is 330 g/mol. The Hall–Kier alpha value is -2.76. The van der Waals surface area contributed by atoms with Crippen molar-refractivity contribution in [2.75, 3.05) is 19.7 Å². The summed E-state index contributed by atoms with van der Waals surface area (Å²) in [5, 5.41) is 5.39. The van der Waals surface area contributed by atoms with Gasteiger partial charge in [0.15, 0.2) is 5.76 Å². The van der Waals surface area contributed by atoms with Crippen molar-refractivity contribution in [3.05, 3.63) is 53.5 Å². The van der Waals surface area contributed by atoms with Crippen molar-refractivity contribution in [2.45, 2.75) is 20.3 Å². The van der Waals surface area contributed by atoms with Gasteiger partial charge in [0.2, 0.25) is 5.91 Å². The standard InChI is InChI=1S/C18H22N2O4/c1-13-5-6-15(14(2)12-13)24-11-7-17(21)19-8-9-20-18(22)16-4-3-10-23-16/h3-6,10,12H,7-9,11H2,1-2H3,(H,19,21)(H,20,22). The van der Waals surface area contributed by atoms with Crippen LogP contribution in [-0.4, -0.2) is 31.5 Å². The molecular formula is C18H22N2O4. The molecule has 0 radical (unpaired) electrons. The number of ether oxygens (including phenoxy) is 1. The predicted molar refractivity (Wildman–Crippen MR) is 90.1 cm³/mol. The van der Waals surface area contributed by atoms with Crippen LogP contribution in [0.2, 0.25) is 0 Å². The fraction of sp³-hybridized carbons (Fsp3) is 0.333. The van der Waals surface area contributed by atoms with Crippen LogP contribution in [0.25, 0.3) is 0 Å². The average Bonchev–Trinajstić information content (AvgIpc) is 3.08. The molecular weight excluding hydrogens is 308 g/mol. The third-order valence-electron chi connectivity index (χ3n) is 3.39. The maximum atomic E-state index is 11.7. The molecule has 0 bridgehead atoms. The summed E-state index contributed by atoms with van der Waals surface area (Å²) in [4.78, 5) is 23.3. The van der Waals surface area contributed by atoms with Gasteiger partial charge in [-0.25, -0.2) is 0 Å². The number of hydrogen-bond donors (Lipinski definition) is 2. The Kier molecular flexibility index (Phi) is 6.42. The van der Waals surface area contributed by atoms with Crippen molar-refractivity contribution >= 4 is 11.8 Å². The highest BCUT2D eigenvalue weighted by atomic mass is 16.5. The van der Waals surface area contributed by atoms with Crippen LogP contribution in [0.15, 0.2) is 41.0 Å². The number of carbonyl (C=O) groups is 2. The van der Waals surface area contributed by atoms with Crippen LogP contribution in [0.3, 0.4) is 0 Å². The quantitative estimate of drug-likeness (QED) is 0.727. The van der Waals surface area contributed by atoms with Gasteiger partial charge in [0, 0.05) is 13.1 Å². The Balaban J connectivity index is 1.59. The molecule has 0 aliphatic heterocycles. The van der Waals surface area contributed by atoms with E-state index in [1.54, 1.807) is 12.1 Å². The fourth-order valence-corrected chi connectivity index (χ4v) is 2.18. The van der Waals surface area contributed by atoms with Gasteiger partial charge in [0.1, 0.15) is 5.75 Å². The lowest BCUT2D eigenvalue weighted by Crippen LogP contribution is -2.35. The fourth-order valence-electron chi connectivity index (χ4n) is 2.18. The van der Waals surface area contributed by atoms with Crippen molar-refractivity contribution in [1.29, 1.82) is 0 Å². The summed E-state index contributed by atoms with van der Waals surface area (Å²) in [6.07, 6.45) is 1.70. The molecule has 0 saturated carbocycles. The monoisotopic (exact) mass is 330 g/mol. The predicted octanol–water partition coefficient (Wildman–Crippen LogP) is 2.21. The molecule has 128 valence electrons. The number of amides is 2. The minimum atomic E-state index is -0.299. The molecule has 1 heterocycles. The smallest absolute Gasteiger partial charge is 0.287 e. The molecule has 6 heteroatoms. The van der Waals surface area contributed by atoms with Crippen LogP contribution in [-0.2, 0) is 4.79 Å². The molecule has 2 N–H and O–H groups in total. The van der Waals surface area contributed by atoms with Gasteiger partial charge in [-0.1, -0.05) is 17.7 Å². The molecule has 0 unspecified atom stereocenters. The number of carbonyl (C=O) groups excluding carboxylic acids is 2. The zero-order valence-electron chi connectivity index (χ0n) is 13.9. The van der Waals surface area contributed by atoms with Gasteiger partial charge < -0.3 is 19.8 Å². The van der Waals surface area contributed by atoms with Gasteiger partial charge in [-0.15, -0.1) is 0 Å². The van der Waals surface area contributed by atoms with Crippen molar-refractivity contribution in [3.63, 3.8) is 0 Å². The summed E-state index contributed by atoms with van der Waals surface area (Å²) < 4.78 is 10.6. The maximum Gasteiger partial charge on any atom is 0.287 e. The summed E-state index contributed by atoms with van der Waals surface area (Å²) in [6, 6.07) is 9.15. The van der Waals surface area contributed by atoms with Gasteiger partial charge in [-0.2, -0.15) is 0 Å². The van der Waals surface area contributed by atoms with E-state index in [9.17, 15) is 9.59 Å². The van der Waals surface area contributed by atoms with E-state index in [-0.39, 0.29) is 24.0 Å². The van der Waals surface area contributed by atoms with Crippen LogP contribution < -0.4 is 15.4 Å². The highest BCUT2D eigenvalue weighted by Crippen LogP contribution is 2.18. The first-order chi connectivity index (χ1) is 11.6. The Labute approximate surface area is 141 Å². The van der Waals surface area contributed by atoms with Crippen molar-refractivity contribution < 1.29 is 18.7 Å². The molecule has 2 rings (SSSR count). The van der Waals surface area contributed by atoms with E-state index in [0.29, 0.717) is 19.7 Å². The minimum absolute atomic E-state index is 0.119. The topological polar surface area (TPSA) is 80.6 Å². The summed E-state index contributed by atoms with van der Waals surface area (Å²) in [7, 11) is 0. The third kappa shape index (κ3) is 5.46. The molecule has 1 aromatic carbocycles. The zero-order chi connectivity index (χ0) is 17.4. The zero-order valence-corrected chi connectivity index (χ0v) is 13.9. The Morgan fingerprint density at radius 1 is 1.12 bits per heavy atom. The van der Waals surface area contributed by atoms with Crippen LogP contribution in [0, 0.1) is 13.8 Å². The first kappa shape index (κ1) is 17.6. The van der Waals surface area contributed by atoms with Crippen LogP contribution >= 0.6 is 0 Å². The highest BCUT2D eigenvalue weighted by Gasteiger charge is 2.07. The van der Waals surface area contributed by atoms with Crippen LogP contribution in [0.4, 0.5) is 0 Å². The van der Waals surface area contributed by atoms with Gasteiger partial charge in [-0.3, -0.25) is 9.59 Å². The van der Waals surface area contributed by atoms with E-state index >= 15 is 0 Å². The third-order valence-corrected chi connectivity index (χ3v) is 3.39. The van der Waals surface area contributed by atoms with Gasteiger partial charge >= 0.3 is 0 Å². The number of benzene rings is 1. The molecule has 2 aromatic rings. The van der Waals surface area contributed by atoms with Gasteiger partial charge in [-0.05, 0) is 37.6 Å². The lowest BCUT2D eigenvalue weighted by atomic mass is 10.1. The molecule has 24 heavy (non-hydrogen) atoms. The van der Waals surface area contributed by atoms with Crippen molar-refractivity contribution in [3.8, 4) is 5.75 Å². The van der Waals surface area contributed by atoms with E-state index in [1.165, 1.54) is 11.8 Å². The van der Waals surface area contributed by atoms with Crippen LogP contribution in [0.1, 0.15) is 28.1 Å². The first-order valence-corrected chi connectivity index (χ1v) is 7.84. The molecule has 0 fully saturated rings. The summed E-state index contributed by atoms with van der Waals surface area (Å²) in [5.41, 5.74) is 2.23. The summed E-state index contributed by atoms with van der Waals surface area (Å²) in [5.74, 6) is 0.627. The second-order valence-electron chi connectivity index (χ2n) is 5.45. The Morgan fingerprint density at radius 3 is 2.62 bits per heavy atom. The Bertz CT molecular complexity index is 680. The molecule has 2 amide bonds. The number of furan rings is 1. The van der Waals surface area contributed by atoms with E-state index in [1.807, 2.05) is 32.0 Å². The normalized spacial score (nSPS) is 10.2. The Morgan fingerprint density at radius 2 is 1.92 bits per heavy atom. The molecule has 0 spiro atoms. The second kappa shape index (κ2) is 8.76.